The largest absolute Gasteiger partial charge is 0.466 e. The van der Waals surface area contributed by atoms with Crippen LogP contribution in [0.5, 0.6) is 5.75 Å². The van der Waals surface area contributed by atoms with E-state index in [4.69, 9.17) is 4.74 Å². The second-order valence-electron chi connectivity index (χ2n) is 3.79. The fourth-order valence-electron chi connectivity index (χ4n) is 1.59. The normalized spacial score (nSPS) is 10.6. The first kappa shape index (κ1) is 12.8. The van der Waals surface area contributed by atoms with E-state index in [9.17, 15) is 9.59 Å². The quantitative estimate of drug-likeness (QED) is 0.481. The maximum absolute atomic E-state index is 11.5. The summed E-state index contributed by atoms with van der Waals surface area (Å²) in [5.74, 6) is -0.797. The molecule has 19 heavy (non-hydrogen) atoms. The second-order valence-corrected chi connectivity index (χ2v) is 3.79. The van der Waals surface area contributed by atoms with Gasteiger partial charge in [-0.2, -0.15) is 0 Å². The molecule has 0 heterocycles. The molecule has 0 aromatic heterocycles. The van der Waals surface area contributed by atoms with Gasteiger partial charge in [0.05, 0.1) is 7.11 Å². The van der Waals surface area contributed by atoms with E-state index in [0.29, 0.717) is 5.75 Å². The van der Waals surface area contributed by atoms with E-state index < -0.39 is 11.9 Å². The van der Waals surface area contributed by atoms with E-state index in [0.717, 1.165) is 22.9 Å². The highest BCUT2D eigenvalue weighted by atomic mass is 16.5. The molecule has 0 saturated carbocycles. The molecule has 4 heteroatoms. The van der Waals surface area contributed by atoms with Gasteiger partial charge in [0.2, 0.25) is 0 Å². The summed E-state index contributed by atoms with van der Waals surface area (Å²) < 4.78 is 9.46. The molecule has 0 fully saturated rings. The van der Waals surface area contributed by atoms with Crippen LogP contribution in [0.4, 0.5) is 0 Å². The van der Waals surface area contributed by atoms with Crippen molar-refractivity contribution in [3.8, 4) is 5.75 Å². The molecule has 4 nitrogen and oxygen atoms in total. The number of rotatable bonds is 3. The number of carbonyl (C=O) groups is 2. The molecule has 0 atom stereocenters. The summed E-state index contributed by atoms with van der Waals surface area (Å²) in [4.78, 5) is 22.3. The van der Waals surface area contributed by atoms with Crippen LogP contribution in [0.2, 0.25) is 0 Å². The molecule has 2 rings (SSSR count). The molecule has 0 saturated heterocycles. The fourth-order valence-corrected chi connectivity index (χ4v) is 1.59. The SMILES string of the molecule is COC(=O)/C=C\C(=O)Oc1ccc2ccccc2c1. The Kier molecular flexibility index (Phi) is 3.93. The zero-order valence-electron chi connectivity index (χ0n) is 10.3. The first-order valence-corrected chi connectivity index (χ1v) is 5.65. The highest BCUT2D eigenvalue weighted by Gasteiger charge is 2.03. The summed E-state index contributed by atoms with van der Waals surface area (Å²) in [5, 5.41) is 2.04. The van der Waals surface area contributed by atoms with Crippen molar-refractivity contribution in [2.24, 2.45) is 0 Å². The van der Waals surface area contributed by atoms with Gasteiger partial charge in [0, 0.05) is 12.2 Å². The van der Waals surface area contributed by atoms with Gasteiger partial charge in [-0.15, -0.1) is 0 Å². The number of hydrogen-bond acceptors (Lipinski definition) is 4. The van der Waals surface area contributed by atoms with Crippen LogP contribution in [-0.4, -0.2) is 19.0 Å². The molecule has 0 N–H and O–H groups in total. The second kappa shape index (κ2) is 5.82. The van der Waals surface area contributed by atoms with Crippen LogP contribution >= 0.6 is 0 Å². The van der Waals surface area contributed by atoms with Crippen molar-refractivity contribution in [3.05, 3.63) is 54.6 Å². The smallest absolute Gasteiger partial charge is 0.336 e. The Hall–Kier alpha value is -2.62. The summed E-state index contributed by atoms with van der Waals surface area (Å²) in [5.41, 5.74) is 0. The van der Waals surface area contributed by atoms with Crippen molar-refractivity contribution in [1.29, 1.82) is 0 Å². The third-order valence-electron chi connectivity index (χ3n) is 2.50. The minimum Gasteiger partial charge on any atom is -0.466 e. The van der Waals surface area contributed by atoms with E-state index in [2.05, 4.69) is 4.74 Å². The van der Waals surface area contributed by atoms with E-state index in [1.807, 2.05) is 30.3 Å². The molecule has 0 amide bonds. The monoisotopic (exact) mass is 256 g/mol. The molecule has 0 spiro atoms. The van der Waals surface area contributed by atoms with E-state index in [1.54, 1.807) is 12.1 Å². The average Bonchev–Trinajstić information content (AvgIpc) is 2.44. The van der Waals surface area contributed by atoms with Crippen LogP contribution in [0.3, 0.4) is 0 Å². The van der Waals surface area contributed by atoms with E-state index in [1.165, 1.54) is 7.11 Å². The van der Waals surface area contributed by atoms with Crippen molar-refractivity contribution < 1.29 is 19.1 Å². The van der Waals surface area contributed by atoms with Crippen LogP contribution in [0.25, 0.3) is 10.8 Å². The minimum absolute atomic E-state index is 0.429. The maximum atomic E-state index is 11.5. The first-order chi connectivity index (χ1) is 9.19. The Balaban J connectivity index is 2.11. The lowest BCUT2D eigenvalue weighted by molar-refractivity contribution is -0.135. The number of ether oxygens (including phenoxy) is 2. The molecule has 0 radical (unpaired) electrons. The zero-order valence-corrected chi connectivity index (χ0v) is 10.3. The Morgan fingerprint density at radius 3 is 2.37 bits per heavy atom. The van der Waals surface area contributed by atoms with Gasteiger partial charge in [0.1, 0.15) is 5.75 Å². The topological polar surface area (TPSA) is 52.6 Å². The molecular weight excluding hydrogens is 244 g/mol. The third-order valence-corrected chi connectivity index (χ3v) is 2.50. The highest BCUT2D eigenvalue weighted by Crippen LogP contribution is 2.20. The van der Waals surface area contributed by atoms with Crippen LogP contribution in [0, 0.1) is 0 Å². The van der Waals surface area contributed by atoms with Gasteiger partial charge in [0.25, 0.3) is 0 Å². The number of hydrogen-bond donors (Lipinski definition) is 0. The summed E-state index contributed by atoms with van der Waals surface area (Å²) in [7, 11) is 1.24. The lowest BCUT2D eigenvalue weighted by Crippen LogP contribution is -2.05. The Morgan fingerprint density at radius 2 is 1.63 bits per heavy atom. The summed E-state index contributed by atoms with van der Waals surface area (Å²) in [6.45, 7) is 0. The van der Waals surface area contributed by atoms with Crippen molar-refractivity contribution in [2.75, 3.05) is 7.11 Å². The van der Waals surface area contributed by atoms with Gasteiger partial charge < -0.3 is 9.47 Å². The maximum Gasteiger partial charge on any atom is 0.336 e. The van der Waals surface area contributed by atoms with E-state index >= 15 is 0 Å². The molecule has 2 aromatic rings. The predicted octanol–water partition coefficient (Wildman–Crippen LogP) is 2.47. The first-order valence-electron chi connectivity index (χ1n) is 5.65. The zero-order chi connectivity index (χ0) is 13.7. The molecule has 0 aliphatic heterocycles. The molecular formula is C15H12O4. The molecule has 2 aromatic carbocycles. The van der Waals surface area contributed by atoms with E-state index in [-0.39, 0.29) is 0 Å². The van der Waals surface area contributed by atoms with Gasteiger partial charge in [-0.25, -0.2) is 9.59 Å². The number of benzene rings is 2. The summed E-state index contributed by atoms with van der Waals surface area (Å²) in [6.07, 6.45) is 2.05. The predicted molar refractivity (Wildman–Crippen MR) is 70.7 cm³/mol. The van der Waals surface area contributed by atoms with Gasteiger partial charge >= 0.3 is 11.9 Å². The van der Waals surface area contributed by atoms with Crippen LogP contribution in [-0.2, 0) is 14.3 Å². The third kappa shape index (κ3) is 3.42. The average molecular weight is 256 g/mol. The number of esters is 2. The summed E-state index contributed by atoms with van der Waals surface area (Å²) in [6, 6.07) is 13.1. The van der Waals surface area contributed by atoms with Gasteiger partial charge in [-0.05, 0) is 22.9 Å². The molecule has 0 aliphatic carbocycles. The van der Waals surface area contributed by atoms with Gasteiger partial charge in [-0.3, -0.25) is 0 Å². The van der Waals surface area contributed by atoms with Crippen LogP contribution in [0.15, 0.2) is 54.6 Å². The lowest BCUT2D eigenvalue weighted by atomic mass is 10.1. The Labute approximate surface area is 110 Å². The van der Waals surface area contributed by atoms with Crippen molar-refractivity contribution in [2.45, 2.75) is 0 Å². The van der Waals surface area contributed by atoms with Gasteiger partial charge in [-0.1, -0.05) is 30.3 Å². The number of carbonyl (C=O) groups excluding carboxylic acids is 2. The number of methoxy groups -OCH3 is 1. The Morgan fingerprint density at radius 1 is 0.947 bits per heavy atom. The number of fused-ring (bicyclic) bond motifs is 1. The standard InChI is InChI=1S/C15H12O4/c1-18-14(16)8-9-15(17)19-13-7-6-11-4-2-3-5-12(11)10-13/h2-10H,1H3/b9-8-. The van der Waals surface area contributed by atoms with Gasteiger partial charge in [0.15, 0.2) is 0 Å². The molecule has 0 unspecified atom stereocenters. The summed E-state index contributed by atoms with van der Waals surface area (Å²) >= 11 is 0. The van der Waals surface area contributed by atoms with Crippen molar-refractivity contribution in [1.82, 2.24) is 0 Å². The highest BCUT2D eigenvalue weighted by molar-refractivity contribution is 5.93. The minimum atomic E-state index is -0.624. The van der Waals surface area contributed by atoms with Crippen LogP contribution in [0.1, 0.15) is 0 Å². The van der Waals surface area contributed by atoms with Crippen molar-refractivity contribution >= 4 is 22.7 Å². The molecule has 0 aliphatic rings. The fraction of sp³-hybridized carbons (Fsp3) is 0.0667. The lowest BCUT2D eigenvalue weighted by Gasteiger charge is -2.03. The molecule has 0 bridgehead atoms. The van der Waals surface area contributed by atoms with Crippen LogP contribution < -0.4 is 4.74 Å². The van der Waals surface area contributed by atoms with Crippen molar-refractivity contribution in [3.63, 3.8) is 0 Å². The Bertz CT molecular complexity index is 643. The molecule has 96 valence electrons.